The zero-order chi connectivity index (χ0) is 17.8. The molecule has 0 saturated heterocycles. The number of nitrogens with two attached hydrogens (primary N) is 1. The van der Waals surface area contributed by atoms with E-state index in [4.69, 9.17) is 15.9 Å². The van der Waals surface area contributed by atoms with Gasteiger partial charge in [-0.25, -0.2) is 9.59 Å². The lowest BCUT2D eigenvalue weighted by Gasteiger charge is -2.34. The monoisotopic (exact) mass is 345 g/mol. The van der Waals surface area contributed by atoms with E-state index >= 15 is 0 Å². The molecule has 0 heterocycles. The van der Waals surface area contributed by atoms with E-state index in [2.05, 4.69) is 0 Å². The second kappa shape index (κ2) is 7.07. The molecule has 0 saturated carbocycles. The zero-order valence-electron chi connectivity index (χ0n) is 13.0. The smallest absolute Gasteiger partial charge is 0.360 e. The molecule has 0 amide bonds. The molecule has 1 rings (SSSR count). The Morgan fingerprint density at radius 1 is 1.13 bits per heavy atom. The maximum atomic E-state index is 13.1. The first-order chi connectivity index (χ1) is 10.6. The molecule has 1 aromatic carbocycles. The predicted molar refractivity (Wildman–Crippen MR) is 82.3 cm³/mol. The molecule has 9 heteroatoms. The van der Waals surface area contributed by atoms with E-state index < -0.39 is 38.9 Å². The van der Waals surface area contributed by atoms with Crippen LogP contribution in [0.15, 0.2) is 23.1 Å². The van der Waals surface area contributed by atoms with Gasteiger partial charge < -0.3 is 15.9 Å². The Morgan fingerprint density at radius 2 is 1.65 bits per heavy atom. The van der Waals surface area contributed by atoms with Crippen molar-refractivity contribution in [1.29, 1.82) is 0 Å². The number of sulfonamides is 1. The number of rotatable bonds is 8. The molecule has 0 aliphatic rings. The molecular weight excluding hydrogens is 324 g/mol. The second-order valence-corrected chi connectivity index (χ2v) is 7.58. The van der Waals surface area contributed by atoms with Crippen molar-refractivity contribution in [3.05, 3.63) is 29.3 Å². The van der Waals surface area contributed by atoms with Crippen molar-refractivity contribution in [2.45, 2.75) is 18.7 Å². The SMILES string of the molecule is Cc1ccc(C)c(S(=O)(=O)[N+](CCN)(CC(=O)O)CC(=O)O)c1. The first-order valence-electron chi connectivity index (χ1n) is 6.88. The van der Waals surface area contributed by atoms with Crippen LogP contribution in [-0.2, 0) is 19.6 Å². The number of aliphatic carboxylic acids is 2. The largest absolute Gasteiger partial charge is 0.477 e. The van der Waals surface area contributed by atoms with Gasteiger partial charge in [0.25, 0.3) is 0 Å². The van der Waals surface area contributed by atoms with E-state index in [1.54, 1.807) is 26.0 Å². The zero-order valence-corrected chi connectivity index (χ0v) is 13.8. The molecule has 0 fully saturated rings. The summed E-state index contributed by atoms with van der Waals surface area (Å²) in [4.78, 5) is 22.3. The van der Waals surface area contributed by atoms with Crippen molar-refractivity contribution in [1.82, 2.24) is 0 Å². The second-order valence-electron chi connectivity index (χ2n) is 5.42. The van der Waals surface area contributed by atoms with E-state index in [-0.39, 0.29) is 18.0 Å². The summed E-state index contributed by atoms with van der Waals surface area (Å²) in [6.07, 6.45) is 0. The Bertz CT molecular complexity index is 698. The van der Waals surface area contributed by atoms with E-state index in [1.165, 1.54) is 6.07 Å². The predicted octanol–water partition coefficient (Wildman–Crippen LogP) is -0.0632. The van der Waals surface area contributed by atoms with E-state index in [0.717, 1.165) is 0 Å². The normalized spacial score (nSPS) is 12.1. The molecule has 0 aromatic heterocycles. The fourth-order valence-electron chi connectivity index (χ4n) is 2.43. The van der Waals surface area contributed by atoms with Gasteiger partial charge in [-0.3, -0.25) is 0 Å². The highest BCUT2D eigenvalue weighted by molar-refractivity contribution is 7.86. The van der Waals surface area contributed by atoms with Gasteiger partial charge in [0, 0.05) is 6.54 Å². The summed E-state index contributed by atoms with van der Waals surface area (Å²) in [6.45, 7) is 1.05. The lowest BCUT2D eigenvalue weighted by atomic mass is 10.2. The highest BCUT2D eigenvalue weighted by Crippen LogP contribution is 2.27. The fraction of sp³-hybridized carbons (Fsp3) is 0.429. The van der Waals surface area contributed by atoms with Crippen molar-refractivity contribution < 1.29 is 32.1 Å². The number of carboxylic acids is 2. The lowest BCUT2D eigenvalue weighted by molar-refractivity contribution is -0.789. The molecule has 0 bridgehead atoms. The van der Waals surface area contributed by atoms with Gasteiger partial charge in [-0.05, 0) is 31.0 Å². The molecule has 0 aliphatic carbocycles. The summed E-state index contributed by atoms with van der Waals surface area (Å²) >= 11 is 0. The molecule has 0 atom stereocenters. The van der Waals surface area contributed by atoms with Crippen LogP contribution in [0.2, 0.25) is 0 Å². The van der Waals surface area contributed by atoms with Crippen molar-refractivity contribution in [2.24, 2.45) is 5.73 Å². The summed E-state index contributed by atoms with van der Waals surface area (Å²) in [5, 5.41) is 18.2. The molecule has 23 heavy (non-hydrogen) atoms. The molecule has 0 spiro atoms. The number of carboxylic acid groups (broad SMARTS) is 2. The Morgan fingerprint density at radius 3 is 2.09 bits per heavy atom. The number of quaternary nitrogens is 1. The molecule has 0 radical (unpaired) electrons. The number of nitrogens with zero attached hydrogens (tertiary/aromatic N) is 1. The molecule has 128 valence electrons. The third-order valence-corrected chi connectivity index (χ3v) is 5.97. The summed E-state index contributed by atoms with van der Waals surface area (Å²) < 4.78 is 25.0. The van der Waals surface area contributed by atoms with Gasteiger partial charge in [0.1, 0.15) is 11.4 Å². The van der Waals surface area contributed by atoms with E-state index in [9.17, 15) is 18.0 Å². The Kier molecular flexibility index (Phi) is 5.86. The van der Waals surface area contributed by atoms with Crippen LogP contribution in [0.4, 0.5) is 0 Å². The van der Waals surface area contributed by atoms with Crippen molar-refractivity contribution in [2.75, 3.05) is 26.2 Å². The molecular formula is C14H21N2O6S+. The average molecular weight is 345 g/mol. The van der Waals surface area contributed by atoms with Crippen molar-refractivity contribution in [3.63, 3.8) is 0 Å². The van der Waals surface area contributed by atoms with Crippen LogP contribution in [0, 0.1) is 13.8 Å². The van der Waals surface area contributed by atoms with Gasteiger partial charge in [0.05, 0.1) is 0 Å². The Hall–Kier alpha value is -1.97. The van der Waals surface area contributed by atoms with Gasteiger partial charge in [0.2, 0.25) is 0 Å². The van der Waals surface area contributed by atoms with E-state index in [0.29, 0.717) is 11.1 Å². The summed E-state index contributed by atoms with van der Waals surface area (Å²) in [6, 6.07) is 4.74. The van der Waals surface area contributed by atoms with Crippen LogP contribution in [0.25, 0.3) is 0 Å². The summed E-state index contributed by atoms with van der Waals surface area (Å²) in [7, 11) is -4.27. The van der Waals surface area contributed by atoms with Crippen LogP contribution < -0.4 is 5.73 Å². The third-order valence-electron chi connectivity index (χ3n) is 3.51. The minimum Gasteiger partial charge on any atom is -0.477 e. The maximum Gasteiger partial charge on any atom is 0.360 e. The number of hydrogen-bond donors (Lipinski definition) is 3. The van der Waals surface area contributed by atoms with Crippen LogP contribution >= 0.6 is 0 Å². The standard InChI is InChI=1S/C14H20N2O6S/c1-10-3-4-11(2)12(7-10)23(21,22)16(6-5-15,8-13(17)18)9-14(19)20/h3-4,7H,5-6,8-9,15H2,1-2H3,(H-,17,18,19,20)/p+1. The van der Waals surface area contributed by atoms with Crippen LogP contribution in [0.5, 0.6) is 0 Å². The third kappa shape index (κ3) is 4.06. The number of benzene rings is 1. The first-order valence-corrected chi connectivity index (χ1v) is 8.32. The molecule has 0 aliphatic heterocycles. The fourth-order valence-corrected chi connectivity index (χ4v) is 4.56. The first kappa shape index (κ1) is 19.1. The van der Waals surface area contributed by atoms with Crippen LogP contribution in [0.1, 0.15) is 11.1 Å². The minimum atomic E-state index is -4.27. The summed E-state index contributed by atoms with van der Waals surface area (Å²) in [5.74, 6) is -2.82. The molecule has 8 nitrogen and oxygen atoms in total. The van der Waals surface area contributed by atoms with Gasteiger partial charge >= 0.3 is 22.0 Å². The van der Waals surface area contributed by atoms with Crippen LogP contribution in [-0.4, -0.2) is 60.6 Å². The van der Waals surface area contributed by atoms with Gasteiger partial charge in [-0.2, -0.15) is 12.3 Å². The topological polar surface area (TPSA) is 135 Å². The quantitative estimate of drug-likeness (QED) is 0.562. The van der Waals surface area contributed by atoms with Gasteiger partial charge in [0.15, 0.2) is 13.1 Å². The number of hydrogen-bond acceptors (Lipinski definition) is 5. The maximum absolute atomic E-state index is 13.1. The molecule has 1 aromatic rings. The van der Waals surface area contributed by atoms with E-state index in [1.807, 2.05) is 0 Å². The molecule has 4 N–H and O–H groups in total. The van der Waals surface area contributed by atoms with Crippen molar-refractivity contribution >= 4 is 22.0 Å². The molecule has 0 unspecified atom stereocenters. The lowest BCUT2D eigenvalue weighted by Crippen LogP contribution is -2.59. The van der Waals surface area contributed by atoms with Crippen LogP contribution in [0.3, 0.4) is 0 Å². The number of carbonyl (C=O) groups is 2. The number of aryl methyl sites for hydroxylation is 2. The summed E-state index contributed by atoms with van der Waals surface area (Å²) in [5.41, 5.74) is 6.54. The minimum absolute atomic E-state index is 0.0755. The van der Waals surface area contributed by atoms with Gasteiger partial charge in [-0.1, -0.05) is 12.1 Å². The highest BCUT2D eigenvalue weighted by Gasteiger charge is 2.47. The average Bonchev–Trinajstić information content (AvgIpc) is 2.39. The Balaban J connectivity index is 3.63. The highest BCUT2D eigenvalue weighted by atomic mass is 32.2. The van der Waals surface area contributed by atoms with Crippen molar-refractivity contribution in [3.8, 4) is 0 Å². The van der Waals surface area contributed by atoms with Gasteiger partial charge in [-0.15, -0.1) is 0 Å². The Labute approximate surface area is 134 Å².